The molecule has 1 N–H and O–H groups in total. The minimum Gasteiger partial charge on any atom is -0.495 e. The van der Waals surface area contributed by atoms with Gasteiger partial charge in [0.05, 0.1) is 12.7 Å². The van der Waals surface area contributed by atoms with E-state index in [-0.39, 0.29) is 21.9 Å². The van der Waals surface area contributed by atoms with Gasteiger partial charge in [-0.3, -0.25) is 4.79 Å². The number of halogens is 1. The van der Waals surface area contributed by atoms with Gasteiger partial charge in [0.1, 0.15) is 16.5 Å². The predicted molar refractivity (Wildman–Crippen MR) is 100.0 cm³/mol. The molecule has 0 bridgehead atoms. The van der Waals surface area contributed by atoms with Gasteiger partial charge in [0.2, 0.25) is 10.0 Å². The highest BCUT2D eigenvalue weighted by molar-refractivity contribution is 7.89. The van der Waals surface area contributed by atoms with Crippen LogP contribution in [0.15, 0.2) is 47.4 Å². The van der Waals surface area contributed by atoms with Gasteiger partial charge in [-0.05, 0) is 43.2 Å². The van der Waals surface area contributed by atoms with Gasteiger partial charge in [-0.1, -0.05) is 18.6 Å². The van der Waals surface area contributed by atoms with Crippen LogP contribution in [0.3, 0.4) is 0 Å². The van der Waals surface area contributed by atoms with Crippen LogP contribution in [0.1, 0.15) is 29.6 Å². The predicted octanol–water partition coefficient (Wildman–Crippen LogP) is 3.26. The highest BCUT2D eigenvalue weighted by Crippen LogP contribution is 2.31. The van der Waals surface area contributed by atoms with E-state index in [4.69, 9.17) is 4.74 Å². The second-order valence-corrected chi connectivity index (χ2v) is 8.17. The molecule has 1 heterocycles. The molecule has 2 aromatic carbocycles. The summed E-state index contributed by atoms with van der Waals surface area (Å²) >= 11 is 0. The lowest BCUT2D eigenvalue weighted by molar-refractivity contribution is 0.102. The third kappa shape index (κ3) is 4.12. The Hall–Kier alpha value is -2.45. The van der Waals surface area contributed by atoms with E-state index in [1.807, 2.05) is 0 Å². The summed E-state index contributed by atoms with van der Waals surface area (Å²) in [5.74, 6) is -1.10. The maximum Gasteiger partial charge on any atom is 0.258 e. The zero-order chi connectivity index (χ0) is 19.4. The van der Waals surface area contributed by atoms with Gasteiger partial charge in [-0.25, -0.2) is 12.8 Å². The molecule has 3 rings (SSSR count). The van der Waals surface area contributed by atoms with E-state index in [9.17, 15) is 17.6 Å². The number of benzene rings is 2. The molecule has 1 fully saturated rings. The molecule has 0 unspecified atom stereocenters. The van der Waals surface area contributed by atoms with Crippen LogP contribution in [0.4, 0.5) is 10.1 Å². The fourth-order valence-electron chi connectivity index (χ4n) is 3.04. The van der Waals surface area contributed by atoms with Crippen LogP contribution < -0.4 is 10.1 Å². The fraction of sp³-hybridized carbons (Fsp3) is 0.316. The maximum atomic E-state index is 13.8. The average Bonchev–Trinajstić information content (AvgIpc) is 2.69. The topological polar surface area (TPSA) is 75.7 Å². The number of nitrogens with one attached hydrogen (secondary N) is 1. The van der Waals surface area contributed by atoms with Crippen LogP contribution in [0.25, 0.3) is 0 Å². The van der Waals surface area contributed by atoms with Crippen molar-refractivity contribution in [2.45, 2.75) is 24.2 Å². The molecule has 144 valence electrons. The number of methoxy groups -OCH3 is 1. The maximum absolute atomic E-state index is 13.8. The van der Waals surface area contributed by atoms with Gasteiger partial charge in [0.25, 0.3) is 5.91 Å². The Morgan fingerprint density at radius 3 is 2.48 bits per heavy atom. The van der Waals surface area contributed by atoms with E-state index in [2.05, 4.69) is 5.32 Å². The molecular formula is C19H21FN2O4S. The van der Waals surface area contributed by atoms with Gasteiger partial charge in [0, 0.05) is 18.8 Å². The molecule has 0 radical (unpaired) electrons. The van der Waals surface area contributed by atoms with E-state index in [0.717, 1.165) is 19.3 Å². The molecule has 0 atom stereocenters. The van der Waals surface area contributed by atoms with E-state index < -0.39 is 21.7 Å². The minimum atomic E-state index is -3.75. The summed E-state index contributed by atoms with van der Waals surface area (Å²) in [6, 6.07) is 9.94. The van der Waals surface area contributed by atoms with Crippen molar-refractivity contribution < 1.29 is 22.3 Å². The summed E-state index contributed by atoms with van der Waals surface area (Å²) in [6.07, 6.45) is 2.62. The number of hydrogen-bond donors (Lipinski definition) is 1. The Bertz CT molecular complexity index is 940. The van der Waals surface area contributed by atoms with Crippen LogP contribution in [-0.2, 0) is 10.0 Å². The number of hydrogen-bond acceptors (Lipinski definition) is 4. The zero-order valence-electron chi connectivity index (χ0n) is 14.9. The van der Waals surface area contributed by atoms with Crippen LogP contribution >= 0.6 is 0 Å². The zero-order valence-corrected chi connectivity index (χ0v) is 15.8. The summed E-state index contributed by atoms with van der Waals surface area (Å²) in [6.45, 7) is 0.911. The second kappa shape index (κ2) is 8.06. The van der Waals surface area contributed by atoms with E-state index in [1.54, 1.807) is 6.07 Å². The first-order chi connectivity index (χ1) is 12.9. The van der Waals surface area contributed by atoms with Crippen LogP contribution in [-0.4, -0.2) is 38.8 Å². The molecule has 0 spiro atoms. The molecule has 1 amide bonds. The van der Waals surface area contributed by atoms with Crippen molar-refractivity contribution in [3.05, 3.63) is 53.8 Å². The molecule has 27 heavy (non-hydrogen) atoms. The number of anilines is 1. The molecule has 1 aliphatic heterocycles. The second-order valence-electron chi connectivity index (χ2n) is 6.26. The summed E-state index contributed by atoms with van der Waals surface area (Å²) in [4.78, 5) is 12.3. The first-order valence-corrected chi connectivity index (χ1v) is 10.1. The summed E-state index contributed by atoms with van der Waals surface area (Å²) in [5, 5.41) is 2.55. The highest BCUT2D eigenvalue weighted by atomic mass is 32.2. The molecular weight excluding hydrogens is 371 g/mol. The van der Waals surface area contributed by atoms with Gasteiger partial charge in [-0.2, -0.15) is 4.31 Å². The molecule has 0 aliphatic carbocycles. The summed E-state index contributed by atoms with van der Waals surface area (Å²) in [7, 11) is -2.36. The Kier molecular flexibility index (Phi) is 5.76. The highest BCUT2D eigenvalue weighted by Gasteiger charge is 2.29. The van der Waals surface area contributed by atoms with E-state index >= 15 is 0 Å². The lowest BCUT2D eigenvalue weighted by Gasteiger charge is -2.26. The van der Waals surface area contributed by atoms with E-state index in [0.29, 0.717) is 13.1 Å². The van der Waals surface area contributed by atoms with Crippen molar-refractivity contribution in [2.24, 2.45) is 0 Å². The lowest BCUT2D eigenvalue weighted by atomic mass is 10.2. The molecule has 0 saturated carbocycles. The van der Waals surface area contributed by atoms with Gasteiger partial charge in [-0.15, -0.1) is 0 Å². The molecule has 2 aromatic rings. The number of nitrogens with zero attached hydrogens (tertiary/aromatic N) is 1. The van der Waals surface area contributed by atoms with E-state index in [1.165, 1.54) is 47.8 Å². The normalized spacial score (nSPS) is 15.3. The van der Waals surface area contributed by atoms with Crippen LogP contribution in [0.5, 0.6) is 5.75 Å². The van der Waals surface area contributed by atoms with Crippen molar-refractivity contribution >= 4 is 21.6 Å². The van der Waals surface area contributed by atoms with Gasteiger partial charge in [0.15, 0.2) is 0 Å². The third-order valence-corrected chi connectivity index (χ3v) is 6.39. The van der Waals surface area contributed by atoms with Crippen molar-refractivity contribution in [1.29, 1.82) is 0 Å². The number of rotatable bonds is 5. The van der Waals surface area contributed by atoms with Gasteiger partial charge < -0.3 is 10.1 Å². The number of ether oxygens (including phenoxy) is 1. The third-order valence-electron chi connectivity index (χ3n) is 4.47. The monoisotopic (exact) mass is 392 g/mol. The Morgan fingerprint density at radius 1 is 1.11 bits per heavy atom. The molecule has 6 nitrogen and oxygen atoms in total. The fourth-order valence-corrected chi connectivity index (χ4v) is 4.74. The van der Waals surface area contributed by atoms with Crippen molar-refractivity contribution in [1.82, 2.24) is 4.31 Å². The average molecular weight is 392 g/mol. The minimum absolute atomic E-state index is 0.0155. The Balaban J connectivity index is 1.92. The summed E-state index contributed by atoms with van der Waals surface area (Å²) < 4.78 is 46.4. The number of carbonyl (C=O) groups is 1. The lowest BCUT2D eigenvalue weighted by Crippen LogP contribution is -2.35. The number of amides is 1. The first kappa shape index (κ1) is 19.3. The molecule has 1 aliphatic rings. The number of sulfonamides is 1. The number of carbonyl (C=O) groups excluding carboxylic acids is 1. The summed E-state index contributed by atoms with van der Waals surface area (Å²) in [5.41, 5.74) is 0.133. The smallest absolute Gasteiger partial charge is 0.258 e. The molecule has 8 heteroatoms. The van der Waals surface area contributed by atoms with Crippen LogP contribution in [0, 0.1) is 5.82 Å². The Morgan fingerprint density at radius 2 is 1.81 bits per heavy atom. The van der Waals surface area contributed by atoms with Crippen molar-refractivity contribution in [3.63, 3.8) is 0 Å². The molecule has 0 aromatic heterocycles. The van der Waals surface area contributed by atoms with Gasteiger partial charge >= 0.3 is 0 Å². The van der Waals surface area contributed by atoms with Crippen molar-refractivity contribution in [3.8, 4) is 5.75 Å². The molecule has 1 saturated heterocycles. The largest absolute Gasteiger partial charge is 0.495 e. The SMILES string of the molecule is COc1ccc(NC(=O)c2ccccc2F)cc1S(=O)(=O)N1CCCCC1. The Labute approximate surface area is 158 Å². The first-order valence-electron chi connectivity index (χ1n) is 8.67. The van der Waals surface area contributed by atoms with Crippen molar-refractivity contribution in [2.75, 3.05) is 25.5 Å². The quantitative estimate of drug-likeness (QED) is 0.847. The number of piperidine rings is 1. The standard InChI is InChI=1S/C19H21FN2O4S/c1-26-17-10-9-14(21-19(23)15-7-3-4-8-16(15)20)13-18(17)27(24,25)22-11-5-2-6-12-22/h3-4,7-10,13H,2,5-6,11-12H2,1H3,(H,21,23). The van der Waals surface area contributed by atoms with Crippen LogP contribution in [0.2, 0.25) is 0 Å².